The van der Waals surface area contributed by atoms with Crippen molar-refractivity contribution < 1.29 is 19.1 Å². The van der Waals surface area contributed by atoms with Gasteiger partial charge in [-0.25, -0.2) is 0 Å². The van der Waals surface area contributed by atoms with Gasteiger partial charge in [-0.2, -0.15) is 0 Å². The molecule has 0 N–H and O–H groups in total. The summed E-state index contributed by atoms with van der Waals surface area (Å²) in [7, 11) is 0. The number of unbranched alkanes of at least 4 members (excludes halogenated alkanes) is 6. The highest BCUT2D eigenvalue weighted by atomic mass is 16.7. The average Bonchev–Trinajstić information content (AvgIpc) is 2.44. The van der Waals surface area contributed by atoms with Crippen molar-refractivity contribution in [2.75, 3.05) is 6.79 Å². The Labute approximate surface area is 122 Å². The molecule has 1 aliphatic heterocycles. The summed E-state index contributed by atoms with van der Waals surface area (Å²) in [6.07, 6.45) is 9.54. The molecule has 116 valence electrons. The summed E-state index contributed by atoms with van der Waals surface area (Å²) in [5, 5.41) is 0. The van der Waals surface area contributed by atoms with E-state index in [9.17, 15) is 9.59 Å². The predicted octanol–water partition coefficient (Wildman–Crippen LogP) is 3.97. The summed E-state index contributed by atoms with van der Waals surface area (Å²) in [5.41, 5.74) is -1.03. The third-order valence-electron chi connectivity index (χ3n) is 4.08. The second kappa shape index (κ2) is 8.98. The van der Waals surface area contributed by atoms with E-state index in [1.807, 2.05) is 0 Å². The third kappa shape index (κ3) is 4.50. The SMILES string of the molecule is CCCCCCC1(CCCCCC)C(=O)OCOC1=O. The summed E-state index contributed by atoms with van der Waals surface area (Å²) >= 11 is 0. The molecule has 0 aromatic rings. The molecule has 4 heteroatoms. The van der Waals surface area contributed by atoms with E-state index in [2.05, 4.69) is 13.8 Å². The standard InChI is InChI=1S/C16H28O4/c1-3-5-7-9-11-16(12-10-8-6-4-2)14(17)19-13-20-15(16)18/h3-13H2,1-2H3. The van der Waals surface area contributed by atoms with Crippen LogP contribution in [0.25, 0.3) is 0 Å². The van der Waals surface area contributed by atoms with Gasteiger partial charge in [0.2, 0.25) is 6.79 Å². The normalized spacial score (nSPS) is 17.7. The Morgan fingerprint density at radius 3 is 1.65 bits per heavy atom. The predicted molar refractivity (Wildman–Crippen MR) is 77.0 cm³/mol. The van der Waals surface area contributed by atoms with Gasteiger partial charge in [0.25, 0.3) is 0 Å². The van der Waals surface area contributed by atoms with Crippen molar-refractivity contribution in [2.24, 2.45) is 5.41 Å². The maximum absolute atomic E-state index is 12.1. The number of rotatable bonds is 10. The first kappa shape index (κ1) is 17.0. The second-order valence-corrected chi connectivity index (χ2v) is 5.68. The van der Waals surface area contributed by atoms with E-state index < -0.39 is 5.41 Å². The molecule has 0 radical (unpaired) electrons. The summed E-state index contributed by atoms with van der Waals surface area (Å²) in [6, 6.07) is 0. The fourth-order valence-corrected chi connectivity index (χ4v) is 2.74. The molecule has 0 bridgehead atoms. The Morgan fingerprint density at radius 2 is 1.25 bits per heavy atom. The molecule has 0 aromatic carbocycles. The fourth-order valence-electron chi connectivity index (χ4n) is 2.74. The molecule has 0 atom stereocenters. The molecule has 0 spiro atoms. The van der Waals surface area contributed by atoms with Crippen molar-refractivity contribution in [1.82, 2.24) is 0 Å². The molecule has 4 nitrogen and oxygen atoms in total. The number of ether oxygens (including phenoxy) is 2. The van der Waals surface area contributed by atoms with Crippen LogP contribution in [0, 0.1) is 5.41 Å². The van der Waals surface area contributed by atoms with Crippen molar-refractivity contribution in [3.63, 3.8) is 0 Å². The Balaban J connectivity index is 2.60. The Morgan fingerprint density at radius 1 is 0.800 bits per heavy atom. The van der Waals surface area contributed by atoms with Gasteiger partial charge in [-0.3, -0.25) is 9.59 Å². The quantitative estimate of drug-likeness (QED) is 0.346. The second-order valence-electron chi connectivity index (χ2n) is 5.68. The molecule has 1 heterocycles. The number of hydrogen-bond donors (Lipinski definition) is 0. The highest BCUT2D eigenvalue weighted by Gasteiger charge is 2.50. The summed E-state index contributed by atoms with van der Waals surface area (Å²) in [4.78, 5) is 24.3. The molecule has 0 aliphatic carbocycles. The van der Waals surface area contributed by atoms with E-state index in [0.717, 1.165) is 51.4 Å². The smallest absolute Gasteiger partial charge is 0.326 e. The Kier molecular flexibility index (Phi) is 7.63. The highest BCUT2D eigenvalue weighted by molar-refractivity contribution is 6.01. The summed E-state index contributed by atoms with van der Waals surface area (Å²) in [5.74, 6) is -0.747. The highest BCUT2D eigenvalue weighted by Crippen LogP contribution is 2.37. The number of carbonyl (C=O) groups is 2. The van der Waals surface area contributed by atoms with Gasteiger partial charge >= 0.3 is 11.9 Å². The van der Waals surface area contributed by atoms with E-state index in [1.165, 1.54) is 0 Å². The topological polar surface area (TPSA) is 52.6 Å². The van der Waals surface area contributed by atoms with Crippen molar-refractivity contribution in [1.29, 1.82) is 0 Å². The molecule has 0 aromatic heterocycles. The largest absolute Gasteiger partial charge is 0.427 e. The van der Waals surface area contributed by atoms with Crippen LogP contribution in [-0.2, 0) is 19.1 Å². The molecular formula is C16H28O4. The van der Waals surface area contributed by atoms with Gasteiger partial charge in [0.15, 0.2) is 5.41 Å². The van der Waals surface area contributed by atoms with Crippen molar-refractivity contribution in [3.8, 4) is 0 Å². The van der Waals surface area contributed by atoms with Crippen LogP contribution in [0.4, 0.5) is 0 Å². The minimum atomic E-state index is -1.03. The monoisotopic (exact) mass is 284 g/mol. The summed E-state index contributed by atoms with van der Waals surface area (Å²) in [6.45, 7) is 4.07. The van der Waals surface area contributed by atoms with E-state index in [-0.39, 0.29) is 18.7 Å². The first-order valence-electron chi connectivity index (χ1n) is 8.02. The Hall–Kier alpha value is -1.06. The molecule has 20 heavy (non-hydrogen) atoms. The lowest BCUT2D eigenvalue weighted by molar-refractivity contribution is -0.203. The van der Waals surface area contributed by atoms with Crippen LogP contribution in [0.2, 0.25) is 0 Å². The van der Waals surface area contributed by atoms with Crippen LogP contribution in [0.3, 0.4) is 0 Å². The molecule has 1 rings (SSSR count). The zero-order chi connectivity index (χ0) is 14.8. The lowest BCUT2D eigenvalue weighted by Gasteiger charge is -2.32. The van der Waals surface area contributed by atoms with Crippen LogP contribution in [0.5, 0.6) is 0 Å². The number of cyclic esters (lactones) is 2. The van der Waals surface area contributed by atoms with Gasteiger partial charge in [-0.1, -0.05) is 65.2 Å². The lowest BCUT2D eigenvalue weighted by Crippen LogP contribution is -2.46. The van der Waals surface area contributed by atoms with Gasteiger partial charge in [0, 0.05) is 0 Å². The zero-order valence-corrected chi connectivity index (χ0v) is 12.9. The minimum Gasteiger partial charge on any atom is -0.427 e. The maximum Gasteiger partial charge on any atom is 0.326 e. The number of esters is 2. The number of carbonyl (C=O) groups excluding carboxylic acids is 2. The summed E-state index contributed by atoms with van der Waals surface area (Å²) < 4.78 is 9.99. The lowest BCUT2D eigenvalue weighted by atomic mass is 9.77. The van der Waals surface area contributed by atoms with Crippen LogP contribution in [0.1, 0.15) is 78.1 Å². The first-order valence-corrected chi connectivity index (χ1v) is 8.02. The van der Waals surface area contributed by atoms with Crippen LogP contribution in [0.15, 0.2) is 0 Å². The molecule has 1 aliphatic rings. The van der Waals surface area contributed by atoms with E-state index in [1.54, 1.807) is 0 Å². The molecular weight excluding hydrogens is 256 g/mol. The minimum absolute atomic E-state index is 0.219. The average molecular weight is 284 g/mol. The number of hydrogen-bond acceptors (Lipinski definition) is 4. The van der Waals surface area contributed by atoms with Crippen LogP contribution < -0.4 is 0 Å². The van der Waals surface area contributed by atoms with E-state index in [0.29, 0.717) is 12.8 Å². The van der Waals surface area contributed by atoms with E-state index in [4.69, 9.17) is 9.47 Å². The molecule has 0 saturated carbocycles. The van der Waals surface area contributed by atoms with E-state index >= 15 is 0 Å². The van der Waals surface area contributed by atoms with Crippen LogP contribution in [-0.4, -0.2) is 18.7 Å². The van der Waals surface area contributed by atoms with Crippen molar-refractivity contribution in [2.45, 2.75) is 78.1 Å². The van der Waals surface area contributed by atoms with Crippen LogP contribution >= 0.6 is 0 Å². The van der Waals surface area contributed by atoms with Crippen molar-refractivity contribution >= 4 is 11.9 Å². The Bertz CT molecular complexity index is 282. The first-order chi connectivity index (χ1) is 9.67. The molecule has 1 saturated heterocycles. The third-order valence-corrected chi connectivity index (χ3v) is 4.08. The van der Waals surface area contributed by atoms with Gasteiger partial charge < -0.3 is 9.47 Å². The van der Waals surface area contributed by atoms with Crippen molar-refractivity contribution in [3.05, 3.63) is 0 Å². The zero-order valence-electron chi connectivity index (χ0n) is 12.9. The van der Waals surface area contributed by atoms with Gasteiger partial charge in [0.05, 0.1) is 0 Å². The van der Waals surface area contributed by atoms with Gasteiger partial charge in [0.1, 0.15) is 0 Å². The fraction of sp³-hybridized carbons (Fsp3) is 0.875. The molecule has 0 unspecified atom stereocenters. The maximum atomic E-state index is 12.1. The molecule has 0 amide bonds. The molecule has 1 fully saturated rings. The van der Waals surface area contributed by atoms with Gasteiger partial charge in [-0.15, -0.1) is 0 Å². The van der Waals surface area contributed by atoms with Gasteiger partial charge in [-0.05, 0) is 12.8 Å².